The summed E-state index contributed by atoms with van der Waals surface area (Å²) in [5.74, 6) is 0.346. The number of anilines is 1. The highest BCUT2D eigenvalue weighted by Gasteiger charge is 2.07. The number of nitrogens with zero attached hydrogens (tertiary/aromatic N) is 3. The molecule has 0 aliphatic carbocycles. The Morgan fingerprint density at radius 1 is 1.11 bits per heavy atom. The molecule has 138 valence electrons. The molecule has 0 aliphatic heterocycles. The predicted octanol–water partition coefficient (Wildman–Crippen LogP) is 6.94. The van der Waals surface area contributed by atoms with Gasteiger partial charge in [-0.15, -0.1) is 5.11 Å². The molecular weight excluding hydrogens is 402 g/mol. The highest BCUT2D eigenvalue weighted by atomic mass is 79.9. The highest BCUT2D eigenvalue weighted by molar-refractivity contribution is 9.10. The lowest BCUT2D eigenvalue weighted by molar-refractivity contribution is 0.741. The Hall–Kier alpha value is -2.60. The average Bonchev–Trinajstić information content (AvgIpc) is 2.67. The molecule has 1 heterocycles. The number of hydrogen-bond acceptors (Lipinski definition) is 5. The van der Waals surface area contributed by atoms with Crippen molar-refractivity contribution < 1.29 is 0 Å². The quantitative estimate of drug-likeness (QED) is 0.244. The van der Waals surface area contributed by atoms with Crippen LogP contribution < -0.4 is 5.73 Å². The molecule has 0 saturated heterocycles. The standard InChI is InChI=1S/C21H22BrN5/c1-2-3-4-5-19(23)14-7-10-17(11-8-14)26-27-20-18-12-16(22)9-6-15(18)13-25-21(20)24/h6-13,23H,2-5H2,1H3,(H2,24,25). The van der Waals surface area contributed by atoms with Crippen molar-refractivity contribution >= 4 is 49.6 Å². The van der Waals surface area contributed by atoms with Crippen LogP contribution in [0.5, 0.6) is 0 Å². The summed E-state index contributed by atoms with van der Waals surface area (Å²) < 4.78 is 0.947. The van der Waals surface area contributed by atoms with E-state index in [1.807, 2.05) is 42.5 Å². The lowest BCUT2D eigenvalue weighted by atomic mass is 10.0. The second-order valence-corrected chi connectivity index (χ2v) is 7.32. The zero-order valence-corrected chi connectivity index (χ0v) is 16.8. The van der Waals surface area contributed by atoms with Gasteiger partial charge < -0.3 is 11.1 Å². The van der Waals surface area contributed by atoms with Gasteiger partial charge in [-0.2, -0.15) is 5.11 Å². The Labute approximate surface area is 167 Å². The summed E-state index contributed by atoms with van der Waals surface area (Å²) in [6, 6.07) is 13.5. The van der Waals surface area contributed by atoms with E-state index < -0.39 is 0 Å². The van der Waals surface area contributed by atoms with Gasteiger partial charge in [0, 0.05) is 27.2 Å². The summed E-state index contributed by atoms with van der Waals surface area (Å²) >= 11 is 3.48. The molecule has 3 rings (SSSR count). The van der Waals surface area contributed by atoms with Gasteiger partial charge in [0.25, 0.3) is 0 Å². The number of fused-ring (bicyclic) bond motifs is 1. The Balaban J connectivity index is 1.80. The summed E-state index contributed by atoms with van der Waals surface area (Å²) in [5, 5.41) is 18.7. The van der Waals surface area contributed by atoms with E-state index in [-0.39, 0.29) is 0 Å². The fourth-order valence-corrected chi connectivity index (χ4v) is 3.18. The van der Waals surface area contributed by atoms with Gasteiger partial charge in [-0.3, -0.25) is 0 Å². The van der Waals surface area contributed by atoms with Crippen LogP contribution in [-0.4, -0.2) is 10.7 Å². The zero-order chi connectivity index (χ0) is 19.2. The number of aromatic nitrogens is 1. The molecule has 0 fully saturated rings. The molecule has 0 unspecified atom stereocenters. The SMILES string of the molecule is CCCCCC(=N)c1ccc(N=Nc2c(N)ncc3ccc(Br)cc23)cc1. The van der Waals surface area contributed by atoms with E-state index in [0.717, 1.165) is 46.5 Å². The summed E-state index contributed by atoms with van der Waals surface area (Å²) in [7, 11) is 0. The zero-order valence-electron chi connectivity index (χ0n) is 15.2. The molecule has 0 radical (unpaired) electrons. The largest absolute Gasteiger partial charge is 0.382 e. The number of azo groups is 1. The number of rotatable bonds is 7. The molecular formula is C21H22BrN5. The molecule has 0 spiro atoms. The van der Waals surface area contributed by atoms with Crippen LogP contribution in [0.2, 0.25) is 0 Å². The number of unbranched alkanes of at least 4 members (excludes halogenated alkanes) is 2. The van der Waals surface area contributed by atoms with E-state index in [1.165, 1.54) is 0 Å². The summed E-state index contributed by atoms with van der Waals surface area (Å²) in [6.07, 6.45) is 5.91. The molecule has 2 aromatic carbocycles. The van der Waals surface area contributed by atoms with E-state index in [1.54, 1.807) is 6.20 Å². The maximum Gasteiger partial charge on any atom is 0.151 e. The average molecular weight is 424 g/mol. The maximum atomic E-state index is 8.17. The van der Waals surface area contributed by atoms with Crippen molar-refractivity contribution in [1.29, 1.82) is 5.41 Å². The summed E-state index contributed by atoms with van der Waals surface area (Å²) in [4.78, 5) is 4.20. The Kier molecular flexibility index (Phi) is 6.29. The molecule has 0 atom stereocenters. The number of hydrogen-bond donors (Lipinski definition) is 2. The van der Waals surface area contributed by atoms with E-state index in [2.05, 4.69) is 38.1 Å². The molecule has 0 aliphatic rings. The van der Waals surface area contributed by atoms with Crippen molar-refractivity contribution in [2.75, 3.05) is 5.73 Å². The van der Waals surface area contributed by atoms with Gasteiger partial charge in [0.2, 0.25) is 0 Å². The maximum absolute atomic E-state index is 8.17. The van der Waals surface area contributed by atoms with Crippen molar-refractivity contribution in [2.24, 2.45) is 10.2 Å². The van der Waals surface area contributed by atoms with Crippen LogP contribution >= 0.6 is 15.9 Å². The molecule has 1 aromatic heterocycles. The van der Waals surface area contributed by atoms with E-state index in [4.69, 9.17) is 11.1 Å². The molecule has 27 heavy (non-hydrogen) atoms. The van der Waals surface area contributed by atoms with Crippen LogP contribution in [0.3, 0.4) is 0 Å². The Morgan fingerprint density at radius 3 is 2.63 bits per heavy atom. The molecule has 6 heteroatoms. The summed E-state index contributed by atoms with van der Waals surface area (Å²) in [6.45, 7) is 2.17. The van der Waals surface area contributed by atoms with Crippen LogP contribution in [0.25, 0.3) is 10.8 Å². The van der Waals surface area contributed by atoms with Crippen molar-refractivity contribution in [3.63, 3.8) is 0 Å². The van der Waals surface area contributed by atoms with Crippen LogP contribution in [0, 0.1) is 5.41 Å². The summed E-state index contributed by atoms with van der Waals surface area (Å²) in [5.41, 5.74) is 8.89. The second-order valence-electron chi connectivity index (χ2n) is 6.41. The minimum atomic E-state index is 0.346. The van der Waals surface area contributed by atoms with Gasteiger partial charge in [0.05, 0.1) is 5.69 Å². The van der Waals surface area contributed by atoms with E-state index >= 15 is 0 Å². The van der Waals surface area contributed by atoms with Gasteiger partial charge in [0.1, 0.15) is 5.69 Å². The Bertz CT molecular complexity index is 975. The number of benzene rings is 2. The normalized spacial score (nSPS) is 11.3. The third kappa shape index (κ3) is 4.77. The van der Waals surface area contributed by atoms with Crippen molar-refractivity contribution in [2.45, 2.75) is 32.6 Å². The third-order valence-corrected chi connectivity index (χ3v) is 4.86. The van der Waals surface area contributed by atoms with Gasteiger partial charge in [0.15, 0.2) is 5.82 Å². The van der Waals surface area contributed by atoms with Crippen molar-refractivity contribution in [1.82, 2.24) is 4.98 Å². The van der Waals surface area contributed by atoms with E-state index in [0.29, 0.717) is 22.9 Å². The molecule has 0 amide bonds. The number of pyridine rings is 1. The molecule has 3 N–H and O–H groups in total. The Morgan fingerprint density at radius 2 is 1.89 bits per heavy atom. The first-order valence-corrected chi connectivity index (χ1v) is 9.81. The van der Waals surface area contributed by atoms with Crippen molar-refractivity contribution in [3.05, 3.63) is 58.7 Å². The number of nitrogens with one attached hydrogen (secondary N) is 1. The van der Waals surface area contributed by atoms with Crippen LogP contribution in [0.15, 0.2) is 63.4 Å². The van der Waals surface area contributed by atoms with Gasteiger partial charge >= 0.3 is 0 Å². The molecule has 0 saturated carbocycles. The third-order valence-electron chi connectivity index (χ3n) is 4.37. The van der Waals surface area contributed by atoms with Crippen molar-refractivity contribution in [3.8, 4) is 0 Å². The first kappa shape index (κ1) is 19.2. The fraction of sp³-hybridized carbons (Fsp3) is 0.238. The van der Waals surface area contributed by atoms with Gasteiger partial charge in [-0.1, -0.05) is 53.9 Å². The first-order chi connectivity index (χ1) is 13.1. The smallest absolute Gasteiger partial charge is 0.151 e. The van der Waals surface area contributed by atoms with Crippen LogP contribution in [0.4, 0.5) is 17.2 Å². The predicted molar refractivity (Wildman–Crippen MR) is 115 cm³/mol. The van der Waals surface area contributed by atoms with Crippen LogP contribution in [-0.2, 0) is 0 Å². The topological polar surface area (TPSA) is 87.5 Å². The van der Waals surface area contributed by atoms with Gasteiger partial charge in [-0.25, -0.2) is 4.98 Å². The first-order valence-electron chi connectivity index (χ1n) is 9.02. The highest BCUT2D eigenvalue weighted by Crippen LogP contribution is 2.33. The minimum Gasteiger partial charge on any atom is -0.382 e. The number of nitrogens with two attached hydrogens (primary N) is 1. The van der Waals surface area contributed by atoms with Gasteiger partial charge in [-0.05, 0) is 42.7 Å². The lowest BCUT2D eigenvalue weighted by Gasteiger charge is -2.05. The molecule has 3 aromatic rings. The van der Waals surface area contributed by atoms with Crippen LogP contribution in [0.1, 0.15) is 38.2 Å². The minimum absolute atomic E-state index is 0.346. The van der Waals surface area contributed by atoms with E-state index in [9.17, 15) is 0 Å². The number of nitrogen functional groups attached to an aromatic ring is 1. The molecule has 5 nitrogen and oxygen atoms in total. The monoisotopic (exact) mass is 423 g/mol. The fourth-order valence-electron chi connectivity index (χ4n) is 2.82. The lowest BCUT2D eigenvalue weighted by Crippen LogP contribution is -1.98. The number of halogens is 1. The second kappa shape index (κ2) is 8.86. The molecule has 0 bridgehead atoms.